The molecule has 2 aliphatic rings. The van der Waals surface area contributed by atoms with E-state index in [0.717, 1.165) is 0 Å². The molecule has 1 aromatic heterocycles. The molecule has 3 rings (SSSR count). The summed E-state index contributed by atoms with van der Waals surface area (Å²) in [5.41, 5.74) is 0.400. The maximum atomic E-state index is 12.8. The molecule has 134 valence electrons. The SMILES string of the molecule is Cc1noc(C)c1C(=O)N1CC[C@H]2CN(S(C)(=O)=O)C[C@@]2(CO)C1. The molecular formula is C15H23N3O5S. The van der Waals surface area contributed by atoms with Crippen molar-refractivity contribution in [3.63, 3.8) is 0 Å². The molecule has 2 aliphatic heterocycles. The number of rotatable bonds is 3. The first-order valence-corrected chi connectivity index (χ1v) is 9.81. The lowest BCUT2D eigenvalue weighted by Crippen LogP contribution is -2.52. The van der Waals surface area contributed by atoms with Gasteiger partial charge in [-0.2, -0.15) is 0 Å². The van der Waals surface area contributed by atoms with Gasteiger partial charge in [0.2, 0.25) is 10.0 Å². The van der Waals surface area contributed by atoms with E-state index in [9.17, 15) is 18.3 Å². The van der Waals surface area contributed by atoms with Gasteiger partial charge in [0.25, 0.3) is 5.91 Å². The third kappa shape index (κ3) is 2.74. The third-order valence-corrected chi connectivity index (χ3v) is 6.57. The van der Waals surface area contributed by atoms with E-state index in [4.69, 9.17) is 4.52 Å². The van der Waals surface area contributed by atoms with Crippen molar-refractivity contribution in [1.82, 2.24) is 14.4 Å². The van der Waals surface area contributed by atoms with Crippen LogP contribution in [0.3, 0.4) is 0 Å². The van der Waals surface area contributed by atoms with Gasteiger partial charge >= 0.3 is 0 Å². The van der Waals surface area contributed by atoms with Gasteiger partial charge in [0.15, 0.2) is 0 Å². The summed E-state index contributed by atoms with van der Waals surface area (Å²) in [5.74, 6) is 0.364. The van der Waals surface area contributed by atoms with E-state index in [-0.39, 0.29) is 25.0 Å². The monoisotopic (exact) mass is 357 g/mol. The van der Waals surface area contributed by atoms with Crippen LogP contribution in [0.5, 0.6) is 0 Å². The molecule has 2 saturated heterocycles. The average molecular weight is 357 g/mol. The molecule has 1 aromatic rings. The van der Waals surface area contributed by atoms with Gasteiger partial charge in [-0.25, -0.2) is 12.7 Å². The smallest absolute Gasteiger partial charge is 0.259 e. The first-order chi connectivity index (χ1) is 11.2. The summed E-state index contributed by atoms with van der Waals surface area (Å²) in [5, 5.41) is 13.8. The Hall–Kier alpha value is -1.45. The van der Waals surface area contributed by atoms with Crippen LogP contribution in [0.25, 0.3) is 0 Å². The van der Waals surface area contributed by atoms with E-state index >= 15 is 0 Å². The normalized spacial score (nSPS) is 28.2. The second-order valence-corrected chi connectivity index (χ2v) is 8.97. The molecule has 0 saturated carbocycles. The van der Waals surface area contributed by atoms with Crippen LogP contribution in [0, 0.1) is 25.2 Å². The summed E-state index contributed by atoms with van der Waals surface area (Å²) in [6.07, 6.45) is 1.85. The summed E-state index contributed by atoms with van der Waals surface area (Å²) in [7, 11) is -3.31. The number of aliphatic hydroxyl groups is 1. The molecule has 2 atom stereocenters. The first kappa shape index (κ1) is 17.4. The van der Waals surface area contributed by atoms with Crippen molar-refractivity contribution < 1.29 is 22.8 Å². The minimum absolute atomic E-state index is 0.0611. The van der Waals surface area contributed by atoms with Crippen LogP contribution < -0.4 is 0 Å². The Morgan fingerprint density at radius 1 is 1.42 bits per heavy atom. The molecule has 0 radical (unpaired) electrons. The number of aryl methyl sites for hydroxylation is 2. The van der Waals surface area contributed by atoms with Crippen LogP contribution in [0.2, 0.25) is 0 Å². The Bertz CT molecular complexity index is 740. The highest BCUT2D eigenvalue weighted by Crippen LogP contribution is 2.43. The fraction of sp³-hybridized carbons (Fsp3) is 0.733. The van der Waals surface area contributed by atoms with Crippen molar-refractivity contribution in [2.45, 2.75) is 20.3 Å². The van der Waals surface area contributed by atoms with E-state index in [1.807, 2.05) is 0 Å². The number of carbonyl (C=O) groups excluding carboxylic acids is 1. The second kappa shape index (κ2) is 5.82. The summed E-state index contributed by atoms with van der Waals surface area (Å²) >= 11 is 0. The van der Waals surface area contributed by atoms with Crippen LogP contribution in [0.1, 0.15) is 28.2 Å². The van der Waals surface area contributed by atoms with Crippen molar-refractivity contribution in [2.24, 2.45) is 11.3 Å². The Morgan fingerprint density at radius 2 is 2.12 bits per heavy atom. The van der Waals surface area contributed by atoms with E-state index in [0.29, 0.717) is 43.1 Å². The van der Waals surface area contributed by atoms with E-state index in [1.165, 1.54) is 10.6 Å². The number of aromatic nitrogens is 1. The fourth-order valence-corrected chi connectivity index (χ4v) is 4.88. The highest BCUT2D eigenvalue weighted by Gasteiger charge is 2.52. The zero-order chi connectivity index (χ0) is 17.7. The molecule has 0 unspecified atom stereocenters. The number of carbonyl (C=O) groups is 1. The van der Waals surface area contributed by atoms with Crippen molar-refractivity contribution in [2.75, 3.05) is 39.0 Å². The quantitative estimate of drug-likeness (QED) is 0.817. The molecule has 3 heterocycles. The number of piperidine rings is 1. The minimum Gasteiger partial charge on any atom is -0.396 e. The number of hydrogen-bond donors (Lipinski definition) is 1. The second-order valence-electron chi connectivity index (χ2n) is 6.99. The van der Waals surface area contributed by atoms with Crippen LogP contribution in [0.4, 0.5) is 0 Å². The molecule has 0 aliphatic carbocycles. The highest BCUT2D eigenvalue weighted by molar-refractivity contribution is 7.88. The topological polar surface area (TPSA) is 104 Å². The maximum absolute atomic E-state index is 12.8. The standard InChI is InChI=1S/C15H23N3O5S/c1-10-13(11(2)23-16-10)14(20)17-5-4-12-6-18(24(3,21)22)8-15(12,7-17)9-19/h12,19H,4-9H2,1-3H3/t12-,15+/m0/s1. The molecule has 0 spiro atoms. The Balaban J connectivity index is 1.85. The van der Waals surface area contributed by atoms with Crippen LogP contribution in [-0.4, -0.2) is 72.8 Å². The molecule has 2 fully saturated rings. The molecule has 9 heteroatoms. The summed E-state index contributed by atoms with van der Waals surface area (Å²) in [6, 6.07) is 0. The average Bonchev–Trinajstić information content (AvgIpc) is 3.06. The molecule has 1 amide bonds. The van der Waals surface area contributed by atoms with Crippen molar-refractivity contribution in [1.29, 1.82) is 0 Å². The number of amides is 1. The first-order valence-electron chi connectivity index (χ1n) is 7.96. The molecule has 0 bridgehead atoms. The predicted octanol–water partition coefficient (Wildman–Crippen LogP) is 0.00744. The van der Waals surface area contributed by atoms with Crippen molar-refractivity contribution in [3.05, 3.63) is 17.0 Å². The van der Waals surface area contributed by atoms with Crippen molar-refractivity contribution >= 4 is 15.9 Å². The molecule has 1 N–H and O–H groups in total. The molecule has 0 aromatic carbocycles. The number of sulfonamides is 1. The van der Waals surface area contributed by atoms with Gasteiger partial charge in [-0.15, -0.1) is 0 Å². The number of hydrogen-bond acceptors (Lipinski definition) is 6. The van der Waals surface area contributed by atoms with Gasteiger partial charge in [-0.3, -0.25) is 4.79 Å². The zero-order valence-corrected chi connectivity index (χ0v) is 15.0. The fourth-order valence-electron chi connectivity index (χ4n) is 3.93. The third-order valence-electron chi connectivity index (χ3n) is 5.35. The van der Waals surface area contributed by atoms with Gasteiger partial charge in [-0.05, 0) is 26.2 Å². The number of likely N-dealkylation sites (tertiary alicyclic amines) is 1. The highest BCUT2D eigenvalue weighted by atomic mass is 32.2. The van der Waals surface area contributed by atoms with Crippen molar-refractivity contribution in [3.8, 4) is 0 Å². The molecular weight excluding hydrogens is 334 g/mol. The van der Waals surface area contributed by atoms with E-state index < -0.39 is 15.4 Å². The number of fused-ring (bicyclic) bond motifs is 1. The maximum Gasteiger partial charge on any atom is 0.259 e. The predicted molar refractivity (Wildman–Crippen MR) is 85.9 cm³/mol. The Kier molecular flexibility index (Phi) is 4.21. The summed E-state index contributed by atoms with van der Waals surface area (Å²) in [6.45, 7) is 4.80. The lowest BCUT2D eigenvalue weighted by Gasteiger charge is -2.43. The molecule has 24 heavy (non-hydrogen) atoms. The summed E-state index contributed by atoms with van der Waals surface area (Å²) in [4.78, 5) is 14.5. The zero-order valence-electron chi connectivity index (χ0n) is 14.2. The van der Waals surface area contributed by atoms with Gasteiger partial charge in [0.1, 0.15) is 11.3 Å². The minimum atomic E-state index is -3.31. The lowest BCUT2D eigenvalue weighted by atomic mass is 9.74. The Morgan fingerprint density at radius 3 is 2.67 bits per heavy atom. The van der Waals surface area contributed by atoms with Crippen LogP contribution in [0.15, 0.2) is 4.52 Å². The van der Waals surface area contributed by atoms with Gasteiger partial charge in [0, 0.05) is 31.6 Å². The van der Waals surface area contributed by atoms with Gasteiger partial charge in [0.05, 0.1) is 18.6 Å². The van der Waals surface area contributed by atoms with Crippen LogP contribution in [-0.2, 0) is 10.0 Å². The van der Waals surface area contributed by atoms with E-state index in [1.54, 1.807) is 18.7 Å². The van der Waals surface area contributed by atoms with E-state index in [2.05, 4.69) is 5.16 Å². The summed E-state index contributed by atoms with van der Waals surface area (Å²) < 4.78 is 30.2. The Labute approximate surface area is 141 Å². The lowest BCUT2D eigenvalue weighted by molar-refractivity contribution is 0.0128. The van der Waals surface area contributed by atoms with Gasteiger partial charge < -0.3 is 14.5 Å². The largest absolute Gasteiger partial charge is 0.396 e. The molecule has 8 nitrogen and oxygen atoms in total. The van der Waals surface area contributed by atoms with Crippen LogP contribution >= 0.6 is 0 Å². The van der Waals surface area contributed by atoms with Gasteiger partial charge in [-0.1, -0.05) is 5.16 Å². The number of aliphatic hydroxyl groups excluding tert-OH is 1. The number of nitrogens with zero attached hydrogens (tertiary/aromatic N) is 3.